The Labute approximate surface area is 87.3 Å². The van der Waals surface area contributed by atoms with Gasteiger partial charge in [0, 0.05) is 18.2 Å². The van der Waals surface area contributed by atoms with Gasteiger partial charge in [0.1, 0.15) is 10.0 Å². The Morgan fingerprint density at radius 3 is 2.92 bits per heavy atom. The van der Waals surface area contributed by atoms with Gasteiger partial charge >= 0.3 is 0 Å². The van der Waals surface area contributed by atoms with Gasteiger partial charge in [-0.3, -0.25) is 0 Å². The molecule has 1 saturated carbocycles. The van der Waals surface area contributed by atoms with Gasteiger partial charge in [-0.15, -0.1) is 33.1 Å². The zero-order chi connectivity index (χ0) is 9.26. The van der Waals surface area contributed by atoms with Gasteiger partial charge in [-0.2, -0.15) is 0 Å². The molecule has 0 saturated heterocycles. The van der Waals surface area contributed by atoms with Gasteiger partial charge in [0.05, 0.1) is 0 Å². The molecule has 1 aliphatic rings. The molecule has 1 fully saturated rings. The van der Waals surface area contributed by atoms with Crippen LogP contribution in [-0.4, -0.2) is 16.1 Å². The Morgan fingerprint density at radius 2 is 2.31 bits per heavy atom. The van der Waals surface area contributed by atoms with E-state index in [1.165, 1.54) is 17.8 Å². The van der Waals surface area contributed by atoms with Gasteiger partial charge < -0.3 is 0 Å². The maximum absolute atomic E-state index is 5.64. The Hall–Kier alpha value is -0.150. The summed E-state index contributed by atoms with van der Waals surface area (Å²) in [6.45, 7) is 2.25. The fourth-order valence-corrected chi connectivity index (χ4v) is 2.71. The van der Waals surface area contributed by atoms with Gasteiger partial charge in [0.25, 0.3) is 0 Å². The molecule has 0 amide bonds. The minimum Gasteiger partial charge on any atom is -0.144 e. The fourth-order valence-electron chi connectivity index (χ4n) is 1.43. The van der Waals surface area contributed by atoms with Crippen LogP contribution in [0, 0.1) is 5.92 Å². The quantitative estimate of drug-likeness (QED) is 0.724. The summed E-state index contributed by atoms with van der Waals surface area (Å²) >= 11 is 7.37. The molecule has 0 spiro atoms. The van der Waals surface area contributed by atoms with Crippen LogP contribution >= 0.6 is 22.9 Å². The van der Waals surface area contributed by atoms with Crippen LogP contribution < -0.4 is 0 Å². The van der Waals surface area contributed by atoms with E-state index in [-0.39, 0.29) is 0 Å². The SMILES string of the molecule is CC(c1nnc(CCCl)s1)C1CC1. The molecule has 1 heterocycles. The zero-order valence-corrected chi connectivity index (χ0v) is 9.24. The first-order valence-corrected chi connectivity index (χ1v) is 6.04. The highest BCUT2D eigenvalue weighted by molar-refractivity contribution is 7.11. The standard InChI is InChI=1S/C9H13ClN2S/c1-6(7-2-3-7)9-12-11-8(13-9)4-5-10/h6-7H,2-5H2,1H3. The second-order valence-corrected chi connectivity index (χ2v) is 5.07. The first-order chi connectivity index (χ1) is 6.31. The van der Waals surface area contributed by atoms with E-state index in [2.05, 4.69) is 17.1 Å². The van der Waals surface area contributed by atoms with Crippen molar-refractivity contribution in [2.45, 2.75) is 32.1 Å². The van der Waals surface area contributed by atoms with Crippen molar-refractivity contribution in [2.75, 3.05) is 5.88 Å². The topological polar surface area (TPSA) is 25.8 Å². The molecular weight excluding hydrogens is 204 g/mol. The fraction of sp³-hybridized carbons (Fsp3) is 0.778. The van der Waals surface area contributed by atoms with Crippen molar-refractivity contribution in [3.05, 3.63) is 10.0 Å². The minimum absolute atomic E-state index is 0.613. The lowest BCUT2D eigenvalue weighted by Crippen LogP contribution is -1.93. The van der Waals surface area contributed by atoms with Crippen molar-refractivity contribution in [1.82, 2.24) is 10.2 Å². The number of nitrogens with zero attached hydrogens (tertiary/aromatic N) is 2. The molecule has 0 N–H and O–H groups in total. The highest BCUT2D eigenvalue weighted by atomic mass is 35.5. The normalized spacial score (nSPS) is 18.9. The molecule has 1 aliphatic carbocycles. The van der Waals surface area contributed by atoms with Gasteiger partial charge in [-0.05, 0) is 18.8 Å². The molecule has 4 heteroatoms. The molecule has 0 aromatic carbocycles. The summed E-state index contributed by atoms with van der Waals surface area (Å²) < 4.78 is 0. The number of aryl methyl sites for hydroxylation is 1. The van der Waals surface area contributed by atoms with E-state index < -0.39 is 0 Å². The van der Waals surface area contributed by atoms with Crippen LogP contribution in [0.4, 0.5) is 0 Å². The zero-order valence-electron chi connectivity index (χ0n) is 7.66. The molecule has 1 atom stereocenters. The van der Waals surface area contributed by atoms with E-state index in [0.29, 0.717) is 11.8 Å². The largest absolute Gasteiger partial charge is 0.144 e. The van der Waals surface area contributed by atoms with Gasteiger partial charge in [0.2, 0.25) is 0 Å². The van der Waals surface area contributed by atoms with Crippen LogP contribution in [0.3, 0.4) is 0 Å². The Balaban J connectivity index is 2.03. The molecule has 0 radical (unpaired) electrons. The molecule has 0 bridgehead atoms. The summed E-state index contributed by atoms with van der Waals surface area (Å²) in [4.78, 5) is 0. The number of rotatable bonds is 4. The molecule has 1 aromatic rings. The summed E-state index contributed by atoms with van der Waals surface area (Å²) in [5.74, 6) is 2.13. The minimum atomic E-state index is 0.613. The highest BCUT2D eigenvalue weighted by Crippen LogP contribution is 2.42. The monoisotopic (exact) mass is 216 g/mol. The van der Waals surface area contributed by atoms with Crippen molar-refractivity contribution in [3.63, 3.8) is 0 Å². The van der Waals surface area contributed by atoms with Crippen LogP contribution in [0.2, 0.25) is 0 Å². The Bertz CT molecular complexity index is 283. The molecule has 72 valence electrons. The summed E-state index contributed by atoms with van der Waals surface area (Å²) in [5.41, 5.74) is 0. The lowest BCUT2D eigenvalue weighted by molar-refractivity contribution is 0.650. The number of hydrogen-bond donors (Lipinski definition) is 0. The first-order valence-electron chi connectivity index (χ1n) is 4.69. The second-order valence-electron chi connectivity index (χ2n) is 3.60. The molecule has 0 aliphatic heterocycles. The molecule has 2 nitrogen and oxygen atoms in total. The third kappa shape index (κ3) is 2.20. The van der Waals surface area contributed by atoms with Crippen LogP contribution in [0.15, 0.2) is 0 Å². The van der Waals surface area contributed by atoms with Gasteiger partial charge in [-0.25, -0.2) is 0 Å². The smallest absolute Gasteiger partial charge is 0.120 e. The number of halogens is 1. The van der Waals surface area contributed by atoms with Gasteiger partial charge in [0.15, 0.2) is 0 Å². The van der Waals surface area contributed by atoms with Crippen molar-refractivity contribution >= 4 is 22.9 Å². The van der Waals surface area contributed by atoms with Gasteiger partial charge in [-0.1, -0.05) is 6.92 Å². The van der Waals surface area contributed by atoms with E-state index in [9.17, 15) is 0 Å². The summed E-state index contributed by atoms with van der Waals surface area (Å²) in [6, 6.07) is 0. The predicted molar refractivity (Wildman–Crippen MR) is 55.5 cm³/mol. The maximum atomic E-state index is 5.64. The summed E-state index contributed by atoms with van der Waals surface area (Å²) in [6.07, 6.45) is 3.59. The van der Waals surface area contributed by atoms with Crippen molar-refractivity contribution < 1.29 is 0 Å². The number of aromatic nitrogens is 2. The second kappa shape index (κ2) is 3.93. The highest BCUT2D eigenvalue weighted by Gasteiger charge is 2.31. The van der Waals surface area contributed by atoms with Crippen molar-refractivity contribution in [1.29, 1.82) is 0 Å². The van der Waals surface area contributed by atoms with Crippen LogP contribution in [0.1, 0.15) is 35.7 Å². The van der Waals surface area contributed by atoms with Crippen molar-refractivity contribution in [3.8, 4) is 0 Å². The molecule has 13 heavy (non-hydrogen) atoms. The molecule has 2 rings (SSSR count). The lowest BCUT2D eigenvalue weighted by Gasteiger charge is -2.02. The predicted octanol–water partition coefficient (Wildman–Crippen LogP) is 2.83. The number of hydrogen-bond acceptors (Lipinski definition) is 3. The van der Waals surface area contributed by atoms with Crippen molar-refractivity contribution in [2.24, 2.45) is 5.92 Å². The Kier molecular flexibility index (Phi) is 2.84. The lowest BCUT2D eigenvalue weighted by atomic mass is 10.1. The molecule has 1 unspecified atom stereocenters. The van der Waals surface area contributed by atoms with Crippen LogP contribution in [0.5, 0.6) is 0 Å². The first kappa shape index (κ1) is 9.41. The third-order valence-electron chi connectivity index (χ3n) is 2.51. The van der Waals surface area contributed by atoms with E-state index in [1.807, 2.05) is 0 Å². The average Bonchev–Trinajstić information content (AvgIpc) is 2.87. The Morgan fingerprint density at radius 1 is 1.54 bits per heavy atom. The van der Waals surface area contributed by atoms with E-state index in [0.717, 1.165) is 17.3 Å². The summed E-state index contributed by atoms with van der Waals surface area (Å²) in [5, 5.41) is 10.6. The molecular formula is C9H13ClN2S. The van der Waals surface area contributed by atoms with E-state index >= 15 is 0 Å². The molecule has 1 aromatic heterocycles. The van der Waals surface area contributed by atoms with E-state index in [4.69, 9.17) is 11.6 Å². The third-order valence-corrected chi connectivity index (χ3v) is 3.88. The number of alkyl halides is 1. The van der Waals surface area contributed by atoms with Crippen LogP contribution in [-0.2, 0) is 6.42 Å². The van der Waals surface area contributed by atoms with Crippen LogP contribution in [0.25, 0.3) is 0 Å². The maximum Gasteiger partial charge on any atom is 0.120 e. The van der Waals surface area contributed by atoms with E-state index in [1.54, 1.807) is 11.3 Å². The average molecular weight is 217 g/mol. The summed E-state index contributed by atoms with van der Waals surface area (Å²) in [7, 11) is 0.